The molecule has 70 valence electrons. The Kier molecular flexibility index (Phi) is 2.84. The first-order chi connectivity index (χ1) is 6.90. The minimum absolute atomic E-state index is 0.325. The van der Waals surface area contributed by atoms with Crippen LogP contribution in [0.15, 0.2) is 27.9 Å². The molecular formula is C9H6N2OS2. The van der Waals surface area contributed by atoms with Crippen molar-refractivity contribution in [1.82, 2.24) is 4.98 Å². The zero-order valence-electron chi connectivity index (χ0n) is 7.14. The molecule has 0 aliphatic carbocycles. The molecule has 2 aromatic heterocycles. The molecule has 0 saturated carbocycles. The normalized spacial score (nSPS) is 9.71. The Morgan fingerprint density at radius 2 is 2.43 bits per heavy atom. The van der Waals surface area contributed by atoms with Gasteiger partial charge in [0.05, 0.1) is 17.1 Å². The number of nitrogens with zero attached hydrogens (tertiary/aromatic N) is 2. The molecule has 0 spiro atoms. The van der Waals surface area contributed by atoms with Crippen molar-refractivity contribution in [1.29, 1.82) is 0 Å². The molecule has 0 fully saturated rings. The number of thiazole rings is 1. The topological polar surface area (TPSA) is 42.3 Å². The Morgan fingerprint density at radius 3 is 3.14 bits per heavy atom. The van der Waals surface area contributed by atoms with Crippen LogP contribution >= 0.6 is 22.7 Å². The minimum atomic E-state index is 0.325. The molecular weight excluding hydrogens is 216 g/mol. The molecule has 0 N–H and O–H groups in total. The van der Waals surface area contributed by atoms with Gasteiger partial charge in [0, 0.05) is 5.38 Å². The predicted octanol–water partition coefficient (Wildman–Crippen LogP) is 2.71. The standard InChI is InChI=1S/C9H6N2OS2/c12-6-10-4-7-5-14-9(11-7)8-2-1-3-13-8/h1-3,5H,4H2. The Bertz CT molecular complexity index is 455. The van der Waals surface area contributed by atoms with Crippen molar-refractivity contribution in [2.45, 2.75) is 6.54 Å². The molecule has 2 rings (SSSR count). The van der Waals surface area contributed by atoms with Gasteiger partial charge in [0.2, 0.25) is 6.08 Å². The maximum Gasteiger partial charge on any atom is 0.235 e. The summed E-state index contributed by atoms with van der Waals surface area (Å²) in [7, 11) is 0. The Balaban J connectivity index is 2.22. The summed E-state index contributed by atoms with van der Waals surface area (Å²) in [6.45, 7) is 0.325. The fourth-order valence-corrected chi connectivity index (χ4v) is 2.63. The van der Waals surface area contributed by atoms with E-state index < -0.39 is 0 Å². The van der Waals surface area contributed by atoms with Gasteiger partial charge in [0.1, 0.15) is 5.01 Å². The largest absolute Gasteiger partial charge is 0.238 e. The van der Waals surface area contributed by atoms with Gasteiger partial charge in [-0.05, 0) is 11.4 Å². The van der Waals surface area contributed by atoms with Crippen LogP contribution in [0.5, 0.6) is 0 Å². The van der Waals surface area contributed by atoms with Crippen LogP contribution in [-0.4, -0.2) is 11.1 Å². The van der Waals surface area contributed by atoms with Crippen molar-refractivity contribution in [3.05, 3.63) is 28.6 Å². The Morgan fingerprint density at radius 1 is 1.50 bits per heavy atom. The van der Waals surface area contributed by atoms with Gasteiger partial charge < -0.3 is 0 Å². The Hall–Kier alpha value is -1.29. The molecule has 0 unspecified atom stereocenters. The zero-order valence-corrected chi connectivity index (χ0v) is 8.77. The van der Waals surface area contributed by atoms with E-state index in [1.165, 1.54) is 6.08 Å². The molecule has 3 nitrogen and oxygen atoms in total. The average molecular weight is 222 g/mol. The van der Waals surface area contributed by atoms with Crippen molar-refractivity contribution in [3.8, 4) is 9.88 Å². The molecule has 0 amide bonds. The lowest BCUT2D eigenvalue weighted by molar-refractivity contribution is 0.562. The van der Waals surface area contributed by atoms with Crippen LogP contribution in [0.2, 0.25) is 0 Å². The SMILES string of the molecule is O=C=NCc1csc(-c2cccs2)n1. The Labute approximate surface area is 88.8 Å². The fraction of sp³-hybridized carbons (Fsp3) is 0.111. The van der Waals surface area contributed by atoms with Gasteiger partial charge in [-0.1, -0.05) is 6.07 Å². The lowest BCUT2D eigenvalue weighted by atomic mass is 10.4. The van der Waals surface area contributed by atoms with Gasteiger partial charge in [-0.3, -0.25) is 0 Å². The van der Waals surface area contributed by atoms with E-state index in [1.807, 2.05) is 22.9 Å². The highest BCUT2D eigenvalue weighted by molar-refractivity contribution is 7.20. The number of rotatable bonds is 3. The third kappa shape index (κ3) is 1.96. The lowest BCUT2D eigenvalue weighted by Gasteiger charge is -1.86. The second kappa shape index (κ2) is 4.28. The third-order valence-corrected chi connectivity index (χ3v) is 3.52. The molecule has 0 radical (unpaired) electrons. The number of hydrogen-bond donors (Lipinski definition) is 0. The first-order valence-electron chi connectivity index (χ1n) is 3.92. The summed E-state index contributed by atoms with van der Waals surface area (Å²) in [5, 5.41) is 4.91. The maximum atomic E-state index is 9.90. The molecule has 14 heavy (non-hydrogen) atoms. The highest BCUT2D eigenvalue weighted by atomic mass is 32.1. The van der Waals surface area contributed by atoms with Gasteiger partial charge in [-0.15, -0.1) is 22.7 Å². The molecule has 0 bridgehead atoms. The summed E-state index contributed by atoms with van der Waals surface area (Å²) in [5.74, 6) is 0. The van der Waals surface area contributed by atoms with E-state index in [9.17, 15) is 4.79 Å². The molecule has 0 saturated heterocycles. The second-order valence-electron chi connectivity index (χ2n) is 2.53. The number of aliphatic imine (C=N–C) groups is 1. The van der Waals surface area contributed by atoms with E-state index in [2.05, 4.69) is 9.98 Å². The van der Waals surface area contributed by atoms with Gasteiger partial charge in [-0.2, -0.15) is 4.99 Å². The van der Waals surface area contributed by atoms with Crippen LogP contribution in [-0.2, 0) is 11.3 Å². The summed E-state index contributed by atoms with van der Waals surface area (Å²) < 4.78 is 0. The third-order valence-electron chi connectivity index (χ3n) is 1.59. The zero-order chi connectivity index (χ0) is 9.80. The summed E-state index contributed by atoms with van der Waals surface area (Å²) in [6, 6.07) is 4.01. The van der Waals surface area contributed by atoms with Crippen molar-refractivity contribution < 1.29 is 4.79 Å². The number of carbonyl (C=O) groups excluding carboxylic acids is 1. The number of thiophene rings is 1. The summed E-state index contributed by atoms with van der Waals surface area (Å²) in [6.07, 6.45) is 1.50. The smallest absolute Gasteiger partial charge is 0.235 e. The average Bonchev–Trinajstić information content (AvgIpc) is 2.85. The first kappa shape index (κ1) is 9.27. The highest BCUT2D eigenvalue weighted by Crippen LogP contribution is 2.27. The van der Waals surface area contributed by atoms with Gasteiger partial charge >= 0.3 is 0 Å². The number of isocyanates is 1. The summed E-state index contributed by atoms with van der Waals surface area (Å²) >= 11 is 3.22. The van der Waals surface area contributed by atoms with Crippen molar-refractivity contribution in [2.75, 3.05) is 0 Å². The van der Waals surface area contributed by atoms with Crippen molar-refractivity contribution in [3.63, 3.8) is 0 Å². The monoisotopic (exact) mass is 222 g/mol. The van der Waals surface area contributed by atoms with E-state index in [0.717, 1.165) is 15.6 Å². The lowest BCUT2D eigenvalue weighted by Crippen LogP contribution is -1.80. The molecule has 0 atom stereocenters. The van der Waals surface area contributed by atoms with Gasteiger partial charge in [0.25, 0.3) is 0 Å². The number of aromatic nitrogens is 1. The van der Waals surface area contributed by atoms with Crippen LogP contribution in [0.1, 0.15) is 5.69 Å². The van der Waals surface area contributed by atoms with Crippen LogP contribution in [0.25, 0.3) is 9.88 Å². The highest BCUT2D eigenvalue weighted by Gasteiger charge is 2.04. The molecule has 0 aromatic carbocycles. The molecule has 5 heteroatoms. The van der Waals surface area contributed by atoms with E-state index in [1.54, 1.807) is 22.7 Å². The van der Waals surface area contributed by atoms with E-state index in [-0.39, 0.29) is 0 Å². The van der Waals surface area contributed by atoms with E-state index >= 15 is 0 Å². The van der Waals surface area contributed by atoms with E-state index in [4.69, 9.17) is 0 Å². The fourth-order valence-electron chi connectivity index (χ4n) is 1.01. The molecule has 0 aliphatic rings. The summed E-state index contributed by atoms with van der Waals surface area (Å²) in [5.41, 5.74) is 0.821. The van der Waals surface area contributed by atoms with E-state index in [0.29, 0.717) is 6.54 Å². The second-order valence-corrected chi connectivity index (χ2v) is 4.33. The van der Waals surface area contributed by atoms with Crippen LogP contribution in [0.3, 0.4) is 0 Å². The minimum Gasteiger partial charge on any atom is -0.238 e. The summed E-state index contributed by atoms with van der Waals surface area (Å²) in [4.78, 5) is 18.9. The predicted molar refractivity (Wildman–Crippen MR) is 57.3 cm³/mol. The van der Waals surface area contributed by atoms with Gasteiger partial charge in [-0.25, -0.2) is 9.78 Å². The molecule has 2 heterocycles. The van der Waals surface area contributed by atoms with Crippen molar-refractivity contribution >= 4 is 28.8 Å². The van der Waals surface area contributed by atoms with Crippen LogP contribution in [0, 0.1) is 0 Å². The van der Waals surface area contributed by atoms with Crippen molar-refractivity contribution in [2.24, 2.45) is 4.99 Å². The molecule has 0 aliphatic heterocycles. The van der Waals surface area contributed by atoms with Crippen LogP contribution in [0.4, 0.5) is 0 Å². The van der Waals surface area contributed by atoms with Crippen LogP contribution < -0.4 is 0 Å². The first-order valence-corrected chi connectivity index (χ1v) is 5.68. The maximum absolute atomic E-state index is 9.90. The quantitative estimate of drug-likeness (QED) is 0.592. The number of hydrogen-bond acceptors (Lipinski definition) is 5. The van der Waals surface area contributed by atoms with Gasteiger partial charge in [0.15, 0.2) is 0 Å². The molecule has 2 aromatic rings.